The van der Waals surface area contributed by atoms with Crippen LogP contribution in [-0.2, 0) is 4.74 Å². The number of oxazole rings is 1. The Kier molecular flexibility index (Phi) is 5.95. The molecule has 5 heterocycles. The van der Waals surface area contributed by atoms with Crippen molar-refractivity contribution in [3.63, 3.8) is 0 Å². The van der Waals surface area contributed by atoms with E-state index in [1.165, 1.54) is 12.5 Å². The van der Waals surface area contributed by atoms with Crippen molar-refractivity contribution in [2.45, 2.75) is 19.4 Å². The molecule has 0 saturated carbocycles. The number of anilines is 1. The van der Waals surface area contributed by atoms with Gasteiger partial charge in [0.05, 0.1) is 12.8 Å². The van der Waals surface area contributed by atoms with Crippen molar-refractivity contribution < 1.29 is 13.9 Å². The molecule has 1 saturated heterocycles. The van der Waals surface area contributed by atoms with Crippen LogP contribution in [0.1, 0.15) is 22.6 Å². The number of hydrogen-bond acceptors (Lipinski definition) is 9. The lowest BCUT2D eigenvalue weighted by Gasteiger charge is -2.22. The molecule has 5 rings (SSSR count). The van der Waals surface area contributed by atoms with E-state index in [0.717, 1.165) is 36.5 Å². The fraction of sp³-hybridized carbons (Fsp3) is 0.348. The Hall–Kier alpha value is -3.83. The maximum atomic E-state index is 13.0. The molecular weight excluding hydrogens is 436 g/mol. The van der Waals surface area contributed by atoms with Crippen LogP contribution in [-0.4, -0.2) is 74.5 Å². The molecule has 4 aromatic heterocycles. The minimum Gasteiger partial charge on any atom is -0.443 e. The number of aryl methyl sites for hydroxylation is 1. The molecule has 0 aliphatic carbocycles. The van der Waals surface area contributed by atoms with Gasteiger partial charge in [-0.3, -0.25) is 9.69 Å². The van der Waals surface area contributed by atoms with E-state index in [0.29, 0.717) is 30.5 Å². The SMILES string of the molecule is Cc1cnc2ccc(-c3nc(C(=O)NCCN(C)[C@@H]4CCOC4)c(N)nc3-c3ncco3)cn12. The van der Waals surface area contributed by atoms with Gasteiger partial charge in [-0.25, -0.2) is 19.9 Å². The third kappa shape index (κ3) is 4.22. The lowest BCUT2D eigenvalue weighted by molar-refractivity contribution is 0.0941. The molecule has 11 heteroatoms. The van der Waals surface area contributed by atoms with Gasteiger partial charge in [-0.2, -0.15) is 0 Å². The Morgan fingerprint density at radius 1 is 1.29 bits per heavy atom. The predicted molar refractivity (Wildman–Crippen MR) is 125 cm³/mol. The summed E-state index contributed by atoms with van der Waals surface area (Å²) in [5, 5.41) is 2.90. The van der Waals surface area contributed by atoms with Gasteiger partial charge >= 0.3 is 0 Å². The molecular formula is C23H26N8O3. The number of nitrogens with zero attached hydrogens (tertiary/aromatic N) is 6. The van der Waals surface area contributed by atoms with Crippen LogP contribution in [0.4, 0.5) is 5.82 Å². The van der Waals surface area contributed by atoms with Crippen molar-refractivity contribution in [3.05, 3.63) is 48.4 Å². The Bertz CT molecular complexity index is 1310. The number of carbonyl (C=O) groups is 1. The van der Waals surface area contributed by atoms with E-state index in [1.54, 1.807) is 6.20 Å². The Morgan fingerprint density at radius 2 is 2.18 bits per heavy atom. The highest BCUT2D eigenvalue weighted by molar-refractivity contribution is 5.97. The molecule has 176 valence electrons. The quantitative estimate of drug-likeness (QED) is 0.421. The standard InChI is InChI=1S/C23H26N8O3/c1-14-11-27-17-4-3-15(12-31(14)17)18-19(23-26-7-10-34-23)29-21(24)20(28-18)22(32)25-6-8-30(2)16-5-9-33-13-16/h3-4,7,10-12,16H,5-6,8-9,13H2,1-2H3,(H2,24,29)(H,25,32)/t16-/m1/s1. The number of likely N-dealkylation sites (N-methyl/N-ethyl adjacent to an activating group) is 1. The van der Waals surface area contributed by atoms with Gasteiger partial charge in [-0.05, 0) is 32.5 Å². The second-order valence-corrected chi connectivity index (χ2v) is 8.29. The molecule has 0 radical (unpaired) electrons. The molecule has 1 atom stereocenters. The minimum atomic E-state index is -0.388. The molecule has 0 aromatic carbocycles. The summed E-state index contributed by atoms with van der Waals surface area (Å²) in [5.74, 6) is -0.114. The molecule has 1 aliphatic rings. The first kappa shape index (κ1) is 22.0. The number of amides is 1. The number of pyridine rings is 1. The number of ether oxygens (including phenoxy) is 1. The van der Waals surface area contributed by atoms with Crippen molar-refractivity contribution in [3.8, 4) is 22.8 Å². The topological polar surface area (TPSA) is 137 Å². The Labute approximate surface area is 196 Å². The molecule has 34 heavy (non-hydrogen) atoms. The van der Waals surface area contributed by atoms with Gasteiger partial charge in [-0.15, -0.1) is 0 Å². The summed E-state index contributed by atoms with van der Waals surface area (Å²) >= 11 is 0. The van der Waals surface area contributed by atoms with Gasteiger partial charge in [0.1, 0.15) is 17.6 Å². The number of nitrogen functional groups attached to an aromatic ring is 1. The first-order valence-electron chi connectivity index (χ1n) is 11.1. The molecule has 1 fully saturated rings. The first-order valence-corrected chi connectivity index (χ1v) is 11.1. The monoisotopic (exact) mass is 462 g/mol. The fourth-order valence-electron chi connectivity index (χ4n) is 4.03. The van der Waals surface area contributed by atoms with Crippen LogP contribution in [0, 0.1) is 6.92 Å². The average Bonchev–Trinajstić information content (AvgIpc) is 3.61. The Morgan fingerprint density at radius 3 is 2.94 bits per heavy atom. The minimum absolute atomic E-state index is 0.00638. The highest BCUT2D eigenvalue weighted by Gasteiger charge is 2.23. The highest BCUT2D eigenvalue weighted by Crippen LogP contribution is 2.30. The van der Waals surface area contributed by atoms with Crippen LogP contribution in [0.25, 0.3) is 28.5 Å². The molecule has 0 bridgehead atoms. The number of carbonyl (C=O) groups excluding carboxylic acids is 1. The second kappa shape index (κ2) is 9.20. The van der Waals surface area contributed by atoms with Crippen LogP contribution in [0.2, 0.25) is 0 Å². The van der Waals surface area contributed by atoms with E-state index in [1.807, 2.05) is 36.7 Å². The number of nitrogens with one attached hydrogen (secondary N) is 1. The molecule has 11 nitrogen and oxygen atoms in total. The third-order valence-electron chi connectivity index (χ3n) is 6.02. The summed E-state index contributed by atoms with van der Waals surface area (Å²) in [6, 6.07) is 4.12. The highest BCUT2D eigenvalue weighted by atomic mass is 16.5. The summed E-state index contributed by atoms with van der Waals surface area (Å²) in [4.78, 5) is 32.8. The number of nitrogens with two attached hydrogens (primary N) is 1. The zero-order valence-electron chi connectivity index (χ0n) is 19.1. The van der Waals surface area contributed by atoms with Crippen molar-refractivity contribution >= 4 is 17.4 Å². The first-order chi connectivity index (χ1) is 16.5. The Balaban J connectivity index is 1.45. The van der Waals surface area contributed by atoms with Gasteiger partial charge in [0.25, 0.3) is 5.91 Å². The van der Waals surface area contributed by atoms with E-state index in [9.17, 15) is 4.79 Å². The number of hydrogen-bond donors (Lipinski definition) is 2. The zero-order chi connectivity index (χ0) is 23.7. The number of rotatable bonds is 7. The van der Waals surface area contributed by atoms with Crippen LogP contribution in [0.3, 0.4) is 0 Å². The van der Waals surface area contributed by atoms with E-state index < -0.39 is 0 Å². The van der Waals surface area contributed by atoms with Crippen LogP contribution < -0.4 is 11.1 Å². The summed E-state index contributed by atoms with van der Waals surface area (Å²) in [6.07, 6.45) is 7.65. The zero-order valence-corrected chi connectivity index (χ0v) is 19.1. The smallest absolute Gasteiger partial charge is 0.273 e. The lowest BCUT2D eigenvalue weighted by atomic mass is 10.1. The number of aromatic nitrogens is 5. The van der Waals surface area contributed by atoms with Crippen LogP contribution >= 0.6 is 0 Å². The summed E-state index contributed by atoms with van der Waals surface area (Å²) < 4.78 is 12.8. The third-order valence-corrected chi connectivity index (χ3v) is 6.02. The average molecular weight is 463 g/mol. The molecule has 1 aliphatic heterocycles. The number of fused-ring (bicyclic) bond motifs is 1. The fourth-order valence-corrected chi connectivity index (χ4v) is 4.03. The van der Waals surface area contributed by atoms with Gasteiger partial charge < -0.3 is 24.6 Å². The van der Waals surface area contributed by atoms with E-state index >= 15 is 0 Å². The van der Waals surface area contributed by atoms with Gasteiger partial charge in [0.2, 0.25) is 5.89 Å². The van der Waals surface area contributed by atoms with Crippen LogP contribution in [0.15, 0.2) is 41.4 Å². The van der Waals surface area contributed by atoms with Crippen LogP contribution in [0.5, 0.6) is 0 Å². The summed E-state index contributed by atoms with van der Waals surface area (Å²) in [5.41, 5.74) is 9.51. The van der Waals surface area contributed by atoms with Crippen molar-refractivity contribution in [2.75, 3.05) is 39.1 Å². The van der Waals surface area contributed by atoms with E-state index in [2.05, 4.69) is 30.2 Å². The molecule has 0 spiro atoms. The predicted octanol–water partition coefficient (Wildman–Crippen LogP) is 1.79. The second-order valence-electron chi connectivity index (χ2n) is 8.29. The van der Waals surface area contributed by atoms with Gasteiger partial charge in [-0.1, -0.05) is 0 Å². The largest absolute Gasteiger partial charge is 0.443 e. The summed E-state index contributed by atoms with van der Waals surface area (Å²) in [6.45, 7) is 4.59. The maximum Gasteiger partial charge on any atom is 0.273 e. The molecule has 0 unspecified atom stereocenters. The molecule has 3 N–H and O–H groups in total. The number of imidazole rings is 1. The molecule has 1 amide bonds. The van der Waals surface area contributed by atoms with E-state index in [4.69, 9.17) is 14.9 Å². The molecule has 4 aromatic rings. The van der Waals surface area contributed by atoms with Gasteiger partial charge in [0.15, 0.2) is 17.2 Å². The summed E-state index contributed by atoms with van der Waals surface area (Å²) in [7, 11) is 2.02. The van der Waals surface area contributed by atoms with Gasteiger partial charge in [0, 0.05) is 49.4 Å². The van der Waals surface area contributed by atoms with Crippen molar-refractivity contribution in [1.82, 2.24) is 34.6 Å². The van der Waals surface area contributed by atoms with Crippen molar-refractivity contribution in [2.24, 2.45) is 0 Å². The van der Waals surface area contributed by atoms with E-state index in [-0.39, 0.29) is 23.3 Å². The normalized spacial score (nSPS) is 15.9. The maximum absolute atomic E-state index is 13.0. The lowest BCUT2D eigenvalue weighted by Crippen LogP contribution is -2.39. The van der Waals surface area contributed by atoms with Crippen molar-refractivity contribution in [1.29, 1.82) is 0 Å².